The number of nitrogens with zero attached hydrogens (tertiary/aromatic N) is 2. The van der Waals surface area contributed by atoms with Crippen molar-refractivity contribution in [1.29, 1.82) is 0 Å². The minimum Gasteiger partial charge on any atom is -0.484 e. The Labute approximate surface area is 160 Å². The molecule has 3 rings (SSSR count). The molecule has 27 heavy (non-hydrogen) atoms. The van der Waals surface area contributed by atoms with Crippen molar-refractivity contribution >= 4 is 11.8 Å². The Balaban J connectivity index is 1.41. The predicted molar refractivity (Wildman–Crippen MR) is 102 cm³/mol. The first-order valence-corrected chi connectivity index (χ1v) is 9.72. The van der Waals surface area contributed by atoms with E-state index in [2.05, 4.69) is 4.90 Å². The predicted octanol–water partition coefficient (Wildman–Crippen LogP) is 1.13. The van der Waals surface area contributed by atoms with Crippen molar-refractivity contribution in [2.45, 2.75) is 19.3 Å². The molecular formula is C20H29N3O4. The number of carbonyl (C=O) groups excluding carboxylic acids is 2. The number of rotatable bonds is 7. The molecule has 1 aromatic rings. The van der Waals surface area contributed by atoms with Crippen molar-refractivity contribution in [3.63, 3.8) is 0 Å². The van der Waals surface area contributed by atoms with Crippen molar-refractivity contribution in [3.05, 3.63) is 29.8 Å². The van der Waals surface area contributed by atoms with E-state index in [0.717, 1.165) is 58.8 Å². The molecule has 2 saturated heterocycles. The van der Waals surface area contributed by atoms with Crippen LogP contribution in [-0.2, 0) is 9.53 Å². The van der Waals surface area contributed by atoms with E-state index in [1.165, 1.54) is 6.42 Å². The summed E-state index contributed by atoms with van der Waals surface area (Å²) in [6.45, 7) is 6.37. The highest BCUT2D eigenvalue weighted by molar-refractivity contribution is 5.94. The molecule has 2 amide bonds. The maximum absolute atomic E-state index is 12.7. The number of morpholine rings is 1. The maximum Gasteiger partial charge on any atom is 0.255 e. The van der Waals surface area contributed by atoms with Gasteiger partial charge in [0.25, 0.3) is 11.8 Å². The van der Waals surface area contributed by atoms with Crippen molar-refractivity contribution < 1.29 is 19.1 Å². The fraction of sp³-hybridized carbons (Fsp3) is 0.600. The molecule has 0 spiro atoms. The molecule has 2 aliphatic rings. The molecule has 1 aromatic carbocycles. The van der Waals surface area contributed by atoms with Gasteiger partial charge in [0, 0.05) is 31.7 Å². The highest BCUT2D eigenvalue weighted by Crippen LogP contribution is 2.23. The average molecular weight is 375 g/mol. The quantitative estimate of drug-likeness (QED) is 0.772. The molecule has 0 saturated carbocycles. The molecule has 2 N–H and O–H groups in total. The number of likely N-dealkylation sites (tertiary alicyclic amines) is 1. The molecule has 0 bridgehead atoms. The minimum atomic E-state index is -0.522. The van der Waals surface area contributed by atoms with Gasteiger partial charge in [0.15, 0.2) is 6.61 Å². The van der Waals surface area contributed by atoms with Crippen LogP contribution in [0.5, 0.6) is 5.75 Å². The third-order valence-electron chi connectivity index (χ3n) is 5.34. The molecule has 2 heterocycles. The van der Waals surface area contributed by atoms with E-state index in [-0.39, 0.29) is 12.5 Å². The minimum absolute atomic E-state index is 0.0584. The molecule has 7 heteroatoms. The number of primary amides is 1. The van der Waals surface area contributed by atoms with Crippen LogP contribution in [0, 0.1) is 5.92 Å². The van der Waals surface area contributed by atoms with E-state index < -0.39 is 5.91 Å². The van der Waals surface area contributed by atoms with Gasteiger partial charge in [-0.05, 0) is 56.0 Å². The van der Waals surface area contributed by atoms with Gasteiger partial charge in [-0.2, -0.15) is 0 Å². The fourth-order valence-electron chi connectivity index (χ4n) is 3.65. The van der Waals surface area contributed by atoms with E-state index >= 15 is 0 Å². The topological polar surface area (TPSA) is 85.1 Å². The van der Waals surface area contributed by atoms with Gasteiger partial charge in [-0.25, -0.2) is 0 Å². The third kappa shape index (κ3) is 5.94. The van der Waals surface area contributed by atoms with Gasteiger partial charge in [0.1, 0.15) is 5.75 Å². The van der Waals surface area contributed by atoms with E-state index in [9.17, 15) is 9.59 Å². The van der Waals surface area contributed by atoms with Gasteiger partial charge in [-0.3, -0.25) is 14.5 Å². The molecule has 0 atom stereocenters. The SMILES string of the molecule is NC(=O)COc1ccc(C(=O)N2CCC(CCN3CCOCC3)CC2)cc1. The molecule has 7 nitrogen and oxygen atoms in total. The van der Waals surface area contributed by atoms with Crippen LogP contribution in [0.4, 0.5) is 0 Å². The van der Waals surface area contributed by atoms with Crippen LogP contribution in [0.3, 0.4) is 0 Å². The Bertz CT molecular complexity index is 621. The monoisotopic (exact) mass is 375 g/mol. The molecule has 0 radical (unpaired) electrons. The van der Waals surface area contributed by atoms with Crippen molar-refractivity contribution in [1.82, 2.24) is 9.80 Å². The molecular weight excluding hydrogens is 346 g/mol. The van der Waals surface area contributed by atoms with E-state index in [1.807, 2.05) is 4.90 Å². The highest BCUT2D eigenvalue weighted by Gasteiger charge is 2.24. The van der Waals surface area contributed by atoms with Crippen molar-refractivity contribution in [2.75, 3.05) is 52.5 Å². The smallest absolute Gasteiger partial charge is 0.255 e. The molecule has 0 aliphatic carbocycles. The summed E-state index contributed by atoms with van der Waals surface area (Å²) in [5.74, 6) is 0.767. The third-order valence-corrected chi connectivity index (χ3v) is 5.34. The first kappa shape index (κ1) is 19.6. The van der Waals surface area contributed by atoms with Crippen molar-refractivity contribution in [2.24, 2.45) is 11.7 Å². The summed E-state index contributed by atoms with van der Waals surface area (Å²) >= 11 is 0. The Hall–Kier alpha value is -2.12. The van der Waals surface area contributed by atoms with Gasteiger partial charge in [-0.15, -0.1) is 0 Å². The van der Waals surface area contributed by atoms with Gasteiger partial charge in [0.2, 0.25) is 0 Å². The Kier molecular flexibility index (Phi) is 7.06. The maximum atomic E-state index is 12.7. The van der Waals surface area contributed by atoms with Crippen LogP contribution in [-0.4, -0.2) is 74.2 Å². The van der Waals surface area contributed by atoms with E-state index in [1.54, 1.807) is 24.3 Å². The van der Waals surface area contributed by atoms with Gasteiger partial charge in [0.05, 0.1) is 13.2 Å². The van der Waals surface area contributed by atoms with E-state index in [0.29, 0.717) is 17.2 Å². The zero-order valence-corrected chi connectivity index (χ0v) is 15.8. The van der Waals surface area contributed by atoms with Crippen LogP contribution in [0.1, 0.15) is 29.6 Å². The summed E-state index contributed by atoms with van der Waals surface area (Å²) in [5.41, 5.74) is 5.70. The number of benzene rings is 1. The highest BCUT2D eigenvalue weighted by atomic mass is 16.5. The van der Waals surface area contributed by atoms with Crippen LogP contribution in [0.25, 0.3) is 0 Å². The number of hydrogen-bond donors (Lipinski definition) is 1. The Morgan fingerprint density at radius 3 is 2.37 bits per heavy atom. The van der Waals surface area contributed by atoms with Crippen LogP contribution in [0.15, 0.2) is 24.3 Å². The molecule has 2 fully saturated rings. The second-order valence-corrected chi connectivity index (χ2v) is 7.26. The lowest BCUT2D eigenvalue weighted by Crippen LogP contribution is -2.40. The van der Waals surface area contributed by atoms with Gasteiger partial charge < -0.3 is 20.1 Å². The average Bonchev–Trinajstić information content (AvgIpc) is 2.72. The zero-order valence-electron chi connectivity index (χ0n) is 15.8. The van der Waals surface area contributed by atoms with Crippen LogP contribution >= 0.6 is 0 Å². The standard InChI is InChI=1S/C20H29N3O4/c21-19(24)15-27-18-3-1-17(2-4-18)20(25)23-9-6-16(7-10-23)5-8-22-11-13-26-14-12-22/h1-4,16H,5-15H2,(H2,21,24). The second kappa shape index (κ2) is 9.71. The lowest BCUT2D eigenvalue weighted by Gasteiger charge is -2.34. The number of hydrogen-bond acceptors (Lipinski definition) is 5. The molecule has 2 aliphatic heterocycles. The number of carbonyl (C=O) groups is 2. The zero-order chi connectivity index (χ0) is 19.1. The molecule has 0 unspecified atom stereocenters. The van der Waals surface area contributed by atoms with E-state index in [4.69, 9.17) is 15.2 Å². The molecule has 148 valence electrons. The number of piperidine rings is 1. The summed E-state index contributed by atoms with van der Waals surface area (Å²) in [4.78, 5) is 27.8. The first-order chi connectivity index (χ1) is 13.1. The summed E-state index contributed by atoms with van der Waals surface area (Å²) in [6, 6.07) is 6.88. The molecule has 0 aromatic heterocycles. The summed E-state index contributed by atoms with van der Waals surface area (Å²) in [6.07, 6.45) is 3.33. The lowest BCUT2D eigenvalue weighted by atomic mass is 9.93. The Morgan fingerprint density at radius 1 is 1.07 bits per heavy atom. The number of nitrogens with two attached hydrogens (primary N) is 1. The summed E-state index contributed by atoms with van der Waals surface area (Å²) in [7, 11) is 0. The van der Waals surface area contributed by atoms with Crippen molar-refractivity contribution in [3.8, 4) is 5.75 Å². The number of ether oxygens (including phenoxy) is 2. The summed E-state index contributed by atoms with van der Waals surface area (Å²) in [5, 5.41) is 0. The fourth-order valence-corrected chi connectivity index (χ4v) is 3.65. The normalized spacial score (nSPS) is 19.0. The number of amides is 2. The first-order valence-electron chi connectivity index (χ1n) is 9.72. The Morgan fingerprint density at radius 2 is 1.74 bits per heavy atom. The summed E-state index contributed by atoms with van der Waals surface area (Å²) < 4.78 is 10.6. The van der Waals surface area contributed by atoms with Crippen LogP contribution in [0.2, 0.25) is 0 Å². The van der Waals surface area contributed by atoms with Crippen LogP contribution < -0.4 is 10.5 Å². The lowest BCUT2D eigenvalue weighted by molar-refractivity contribution is -0.119. The van der Waals surface area contributed by atoms with Gasteiger partial charge >= 0.3 is 0 Å². The largest absolute Gasteiger partial charge is 0.484 e. The second-order valence-electron chi connectivity index (χ2n) is 7.26. The van der Waals surface area contributed by atoms with Gasteiger partial charge in [-0.1, -0.05) is 0 Å².